The average molecular weight is 254 g/mol. The van der Waals surface area contributed by atoms with Gasteiger partial charge in [0.15, 0.2) is 0 Å². The molecule has 3 rings (SSSR count). The maximum atomic E-state index is 4.45. The maximum absolute atomic E-state index is 4.45. The van der Waals surface area contributed by atoms with Gasteiger partial charge < -0.3 is 0 Å². The largest absolute Gasteiger partial charge is 0.272 e. The first-order chi connectivity index (χ1) is 9.33. The number of nitrogens with zero attached hydrogens (tertiary/aromatic N) is 2. The summed E-state index contributed by atoms with van der Waals surface area (Å²) in [5, 5.41) is 4.45. The van der Waals surface area contributed by atoms with Crippen LogP contribution in [0.1, 0.15) is 41.6 Å². The Morgan fingerprint density at radius 2 is 2.05 bits per heavy atom. The maximum Gasteiger partial charge on any atom is 0.0593 e. The molecule has 100 valence electrons. The fourth-order valence-corrected chi connectivity index (χ4v) is 3.11. The Hall–Kier alpha value is -1.57. The van der Waals surface area contributed by atoms with Crippen LogP contribution in [-0.2, 0) is 25.8 Å². The van der Waals surface area contributed by atoms with E-state index < -0.39 is 0 Å². The standard InChI is InChI=1S/C17H22N2/c1-14-11-13-19(18-14)12-5-9-16-8-4-7-15-6-2-3-10-17(15)16/h4,7-8,11,13H,2-3,5-6,9-10,12H2,1H3. The molecule has 0 N–H and O–H groups in total. The predicted molar refractivity (Wildman–Crippen MR) is 78.4 cm³/mol. The van der Waals surface area contributed by atoms with Crippen LogP contribution in [0.15, 0.2) is 30.5 Å². The van der Waals surface area contributed by atoms with Gasteiger partial charge in [0, 0.05) is 12.7 Å². The normalized spacial score (nSPS) is 14.4. The Kier molecular flexibility index (Phi) is 3.67. The second-order valence-electron chi connectivity index (χ2n) is 5.59. The Labute approximate surface area is 115 Å². The van der Waals surface area contributed by atoms with Crippen LogP contribution < -0.4 is 0 Å². The Morgan fingerprint density at radius 3 is 2.89 bits per heavy atom. The third-order valence-electron chi connectivity index (χ3n) is 4.10. The second kappa shape index (κ2) is 5.60. The summed E-state index contributed by atoms with van der Waals surface area (Å²) in [6, 6.07) is 8.94. The van der Waals surface area contributed by atoms with Gasteiger partial charge in [-0.1, -0.05) is 18.2 Å². The lowest BCUT2D eigenvalue weighted by Gasteiger charge is -2.19. The first kappa shape index (κ1) is 12.5. The van der Waals surface area contributed by atoms with Gasteiger partial charge in [0.1, 0.15) is 0 Å². The van der Waals surface area contributed by atoms with E-state index in [9.17, 15) is 0 Å². The number of rotatable bonds is 4. The molecule has 0 saturated carbocycles. The summed E-state index contributed by atoms with van der Waals surface area (Å²) < 4.78 is 2.06. The molecule has 0 spiro atoms. The van der Waals surface area contributed by atoms with E-state index in [0.29, 0.717) is 0 Å². The summed E-state index contributed by atoms with van der Waals surface area (Å²) in [7, 11) is 0. The molecular weight excluding hydrogens is 232 g/mol. The third kappa shape index (κ3) is 2.89. The predicted octanol–water partition coefficient (Wildman–Crippen LogP) is 3.70. The van der Waals surface area contributed by atoms with Gasteiger partial charge in [-0.25, -0.2) is 0 Å². The minimum Gasteiger partial charge on any atom is -0.272 e. The zero-order valence-electron chi connectivity index (χ0n) is 11.7. The summed E-state index contributed by atoms with van der Waals surface area (Å²) in [6.07, 6.45) is 9.73. The summed E-state index contributed by atoms with van der Waals surface area (Å²) in [5.74, 6) is 0. The number of hydrogen-bond acceptors (Lipinski definition) is 1. The Morgan fingerprint density at radius 1 is 1.16 bits per heavy atom. The summed E-state index contributed by atoms with van der Waals surface area (Å²) >= 11 is 0. The van der Waals surface area contributed by atoms with E-state index in [0.717, 1.165) is 12.2 Å². The number of aryl methyl sites for hydroxylation is 4. The smallest absolute Gasteiger partial charge is 0.0593 e. The van der Waals surface area contributed by atoms with Gasteiger partial charge in [-0.15, -0.1) is 0 Å². The molecule has 1 heterocycles. The monoisotopic (exact) mass is 254 g/mol. The van der Waals surface area contributed by atoms with Crippen molar-refractivity contribution in [1.82, 2.24) is 9.78 Å². The molecule has 1 aromatic carbocycles. The molecule has 2 heteroatoms. The summed E-state index contributed by atoms with van der Waals surface area (Å²) in [4.78, 5) is 0. The topological polar surface area (TPSA) is 17.8 Å². The van der Waals surface area contributed by atoms with Gasteiger partial charge >= 0.3 is 0 Å². The van der Waals surface area contributed by atoms with E-state index in [1.807, 2.05) is 6.92 Å². The minimum absolute atomic E-state index is 1.03. The summed E-state index contributed by atoms with van der Waals surface area (Å²) in [5.41, 5.74) is 5.92. The minimum atomic E-state index is 1.03. The van der Waals surface area contributed by atoms with Crippen LogP contribution in [0.2, 0.25) is 0 Å². The molecule has 0 radical (unpaired) electrons. The first-order valence-electron chi connectivity index (χ1n) is 7.42. The molecule has 19 heavy (non-hydrogen) atoms. The Balaban J connectivity index is 1.64. The van der Waals surface area contributed by atoms with Gasteiger partial charge in [0.05, 0.1) is 5.69 Å². The Bertz CT molecular complexity index is 554. The molecule has 0 amide bonds. The number of aromatic nitrogens is 2. The fourth-order valence-electron chi connectivity index (χ4n) is 3.11. The van der Waals surface area contributed by atoms with Crippen LogP contribution >= 0.6 is 0 Å². The molecule has 1 aliphatic rings. The van der Waals surface area contributed by atoms with Crippen LogP contribution in [0.5, 0.6) is 0 Å². The van der Waals surface area contributed by atoms with Crippen molar-refractivity contribution in [1.29, 1.82) is 0 Å². The van der Waals surface area contributed by atoms with E-state index in [1.165, 1.54) is 38.5 Å². The highest BCUT2D eigenvalue weighted by molar-refractivity contribution is 5.37. The molecule has 1 aromatic heterocycles. The lowest BCUT2D eigenvalue weighted by molar-refractivity contribution is 0.571. The molecule has 0 aliphatic heterocycles. The van der Waals surface area contributed by atoms with Crippen molar-refractivity contribution >= 4 is 0 Å². The summed E-state index contributed by atoms with van der Waals surface area (Å²) in [6.45, 7) is 3.07. The van der Waals surface area contributed by atoms with Crippen LogP contribution in [0.4, 0.5) is 0 Å². The molecule has 0 atom stereocenters. The number of benzene rings is 1. The molecule has 2 nitrogen and oxygen atoms in total. The molecule has 0 bridgehead atoms. The van der Waals surface area contributed by atoms with Gasteiger partial charge in [-0.2, -0.15) is 5.10 Å². The SMILES string of the molecule is Cc1ccn(CCCc2cccc3c2CCCC3)n1. The van der Waals surface area contributed by atoms with Gasteiger partial charge in [0.25, 0.3) is 0 Å². The van der Waals surface area contributed by atoms with Crippen molar-refractivity contribution in [3.63, 3.8) is 0 Å². The molecule has 0 saturated heterocycles. The van der Waals surface area contributed by atoms with E-state index in [-0.39, 0.29) is 0 Å². The van der Waals surface area contributed by atoms with E-state index in [2.05, 4.69) is 40.2 Å². The van der Waals surface area contributed by atoms with Gasteiger partial charge in [-0.05, 0) is 68.2 Å². The highest BCUT2D eigenvalue weighted by Crippen LogP contribution is 2.25. The molecule has 1 aliphatic carbocycles. The van der Waals surface area contributed by atoms with Crippen molar-refractivity contribution in [3.05, 3.63) is 52.8 Å². The lowest BCUT2D eigenvalue weighted by atomic mass is 9.87. The van der Waals surface area contributed by atoms with Crippen LogP contribution in [0.3, 0.4) is 0 Å². The molecule has 2 aromatic rings. The van der Waals surface area contributed by atoms with Crippen molar-refractivity contribution in [2.45, 2.75) is 52.0 Å². The van der Waals surface area contributed by atoms with Gasteiger partial charge in [-0.3, -0.25) is 4.68 Å². The van der Waals surface area contributed by atoms with E-state index in [1.54, 1.807) is 16.7 Å². The van der Waals surface area contributed by atoms with Crippen LogP contribution in [0, 0.1) is 6.92 Å². The number of hydrogen-bond donors (Lipinski definition) is 0. The molecule has 0 fully saturated rings. The fraction of sp³-hybridized carbons (Fsp3) is 0.471. The highest BCUT2D eigenvalue weighted by Gasteiger charge is 2.12. The zero-order chi connectivity index (χ0) is 13.1. The van der Waals surface area contributed by atoms with Crippen molar-refractivity contribution < 1.29 is 0 Å². The average Bonchev–Trinajstić information content (AvgIpc) is 2.85. The molecular formula is C17H22N2. The molecule has 0 unspecified atom stereocenters. The third-order valence-corrected chi connectivity index (χ3v) is 4.10. The zero-order valence-corrected chi connectivity index (χ0v) is 11.7. The highest BCUT2D eigenvalue weighted by atomic mass is 15.3. The van der Waals surface area contributed by atoms with E-state index in [4.69, 9.17) is 0 Å². The van der Waals surface area contributed by atoms with Crippen LogP contribution in [0.25, 0.3) is 0 Å². The first-order valence-corrected chi connectivity index (χ1v) is 7.42. The van der Waals surface area contributed by atoms with Crippen molar-refractivity contribution in [2.24, 2.45) is 0 Å². The van der Waals surface area contributed by atoms with Crippen molar-refractivity contribution in [2.75, 3.05) is 0 Å². The second-order valence-corrected chi connectivity index (χ2v) is 5.59. The quantitative estimate of drug-likeness (QED) is 0.813. The van der Waals surface area contributed by atoms with Gasteiger partial charge in [0.2, 0.25) is 0 Å². The lowest BCUT2D eigenvalue weighted by Crippen LogP contribution is -2.07. The van der Waals surface area contributed by atoms with Crippen molar-refractivity contribution in [3.8, 4) is 0 Å². The van der Waals surface area contributed by atoms with E-state index >= 15 is 0 Å². The number of fused-ring (bicyclic) bond motifs is 1. The van der Waals surface area contributed by atoms with Crippen LogP contribution in [-0.4, -0.2) is 9.78 Å².